The van der Waals surface area contributed by atoms with Crippen LogP contribution in [0.1, 0.15) is 0 Å². The second kappa shape index (κ2) is 11.1. The van der Waals surface area contributed by atoms with Crippen LogP contribution in [0.3, 0.4) is 0 Å². The first kappa shape index (κ1) is 20.6. The Hall–Kier alpha value is -1.48. The maximum atomic E-state index is 5.85. The standard InChI is InChI=1S/C16H22ClN5O.HI/c1-18-16(19-9-11-22-10-3-8-20-22)21(2)12-13-23-15-6-4-14(17)5-7-15;/h3-8,10H,9,11-13H2,1-2H3,(H,18,19);1H. The van der Waals surface area contributed by atoms with Crippen LogP contribution in [-0.4, -0.2) is 54.4 Å². The van der Waals surface area contributed by atoms with Crippen molar-refractivity contribution in [3.8, 4) is 5.75 Å². The number of rotatable bonds is 7. The first-order valence-corrected chi connectivity index (χ1v) is 7.84. The predicted molar refractivity (Wildman–Crippen MR) is 109 cm³/mol. The van der Waals surface area contributed by atoms with Crippen molar-refractivity contribution in [2.75, 3.05) is 33.8 Å². The molecule has 0 amide bonds. The van der Waals surface area contributed by atoms with Crippen LogP contribution < -0.4 is 10.1 Å². The third-order valence-corrected chi connectivity index (χ3v) is 3.52. The molecule has 6 nitrogen and oxygen atoms in total. The predicted octanol–water partition coefficient (Wildman–Crippen LogP) is 2.74. The molecule has 1 heterocycles. The highest BCUT2D eigenvalue weighted by Gasteiger charge is 2.05. The van der Waals surface area contributed by atoms with E-state index < -0.39 is 0 Å². The van der Waals surface area contributed by atoms with Gasteiger partial charge in [0.2, 0.25) is 0 Å². The zero-order valence-corrected chi connectivity index (χ0v) is 16.9. The van der Waals surface area contributed by atoms with Crippen LogP contribution in [0.15, 0.2) is 47.7 Å². The summed E-state index contributed by atoms with van der Waals surface area (Å²) in [6, 6.07) is 9.26. The van der Waals surface area contributed by atoms with Gasteiger partial charge in [0.1, 0.15) is 12.4 Å². The fraction of sp³-hybridized carbons (Fsp3) is 0.375. The van der Waals surface area contributed by atoms with Crippen molar-refractivity contribution in [1.82, 2.24) is 20.0 Å². The fourth-order valence-corrected chi connectivity index (χ4v) is 2.16. The minimum atomic E-state index is 0. The molecule has 2 aromatic rings. The molecule has 0 saturated heterocycles. The summed E-state index contributed by atoms with van der Waals surface area (Å²) in [7, 11) is 3.75. The number of aromatic nitrogens is 2. The SMILES string of the molecule is CN=C(NCCn1cccn1)N(C)CCOc1ccc(Cl)cc1.I. The monoisotopic (exact) mass is 463 g/mol. The van der Waals surface area contributed by atoms with Gasteiger partial charge in [-0.15, -0.1) is 24.0 Å². The van der Waals surface area contributed by atoms with Crippen molar-refractivity contribution >= 4 is 41.5 Å². The number of hydrogen-bond donors (Lipinski definition) is 1. The lowest BCUT2D eigenvalue weighted by Crippen LogP contribution is -2.42. The van der Waals surface area contributed by atoms with Gasteiger partial charge in [-0.05, 0) is 30.3 Å². The van der Waals surface area contributed by atoms with Crippen molar-refractivity contribution in [2.24, 2.45) is 4.99 Å². The van der Waals surface area contributed by atoms with Crippen molar-refractivity contribution in [3.05, 3.63) is 47.7 Å². The van der Waals surface area contributed by atoms with Crippen LogP contribution in [-0.2, 0) is 6.54 Å². The maximum absolute atomic E-state index is 5.85. The Kier molecular flexibility index (Phi) is 9.55. The van der Waals surface area contributed by atoms with Gasteiger partial charge < -0.3 is 15.0 Å². The number of ether oxygens (including phenoxy) is 1. The van der Waals surface area contributed by atoms with E-state index in [9.17, 15) is 0 Å². The Labute approximate surface area is 164 Å². The minimum Gasteiger partial charge on any atom is -0.492 e. The van der Waals surface area contributed by atoms with E-state index in [0.717, 1.165) is 31.3 Å². The summed E-state index contributed by atoms with van der Waals surface area (Å²) in [5, 5.41) is 8.18. The van der Waals surface area contributed by atoms with Crippen molar-refractivity contribution < 1.29 is 4.74 Å². The molecule has 132 valence electrons. The second-order valence-electron chi connectivity index (χ2n) is 4.97. The fourth-order valence-electron chi connectivity index (χ4n) is 2.04. The quantitative estimate of drug-likeness (QED) is 0.390. The second-order valence-corrected chi connectivity index (χ2v) is 5.40. The van der Waals surface area contributed by atoms with Gasteiger partial charge in [-0.1, -0.05) is 11.6 Å². The van der Waals surface area contributed by atoms with E-state index >= 15 is 0 Å². The molecular weight excluding hydrogens is 441 g/mol. The molecule has 0 unspecified atom stereocenters. The normalized spacial score (nSPS) is 10.9. The third-order valence-electron chi connectivity index (χ3n) is 3.27. The van der Waals surface area contributed by atoms with E-state index in [4.69, 9.17) is 16.3 Å². The largest absolute Gasteiger partial charge is 0.492 e. The summed E-state index contributed by atoms with van der Waals surface area (Å²) in [6.45, 7) is 2.85. The number of likely N-dealkylation sites (N-methyl/N-ethyl adjacent to an activating group) is 1. The zero-order chi connectivity index (χ0) is 16.5. The van der Waals surface area contributed by atoms with Crippen LogP contribution in [0.4, 0.5) is 0 Å². The van der Waals surface area contributed by atoms with E-state index in [2.05, 4.69) is 15.4 Å². The summed E-state index contributed by atoms with van der Waals surface area (Å²) in [6.07, 6.45) is 3.71. The Morgan fingerprint density at radius 1 is 1.38 bits per heavy atom. The van der Waals surface area contributed by atoms with E-state index in [0.29, 0.717) is 11.6 Å². The molecule has 0 radical (unpaired) electrons. The van der Waals surface area contributed by atoms with E-state index in [1.165, 1.54) is 0 Å². The average Bonchev–Trinajstić information content (AvgIpc) is 3.06. The average molecular weight is 464 g/mol. The van der Waals surface area contributed by atoms with Crippen LogP contribution in [0.5, 0.6) is 5.75 Å². The summed E-state index contributed by atoms with van der Waals surface area (Å²) in [5.74, 6) is 1.64. The molecule has 0 fully saturated rings. The third kappa shape index (κ3) is 6.96. The number of nitrogens with zero attached hydrogens (tertiary/aromatic N) is 4. The van der Waals surface area contributed by atoms with Gasteiger partial charge in [0.25, 0.3) is 0 Å². The summed E-state index contributed by atoms with van der Waals surface area (Å²) in [5.41, 5.74) is 0. The molecule has 0 spiro atoms. The highest BCUT2D eigenvalue weighted by Crippen LogP contribution is 2.15. The van der Waals surface area contributed by atoms with E-state index in [1.807, 2.05) is 53.2 Å². The van der Waals surface area contributed by atoms with Crippen molar-refractivity contribution in [2.45, 2.75) is 6.54 Å². The van der Waals surface area contributed by atoms with Gasteiger partial charge >= 0.3 is 0 Å². The summed E-state index contributed by atoms with van der Waals surface area (Å²) >= 11 is 5.85. The number of nitrogens with one attached hydrogen (secondary N) is 1. The lowest BCUT2D eigenvalue weighted by Gasteiger charge is -2.22. The number of benzene rings is 1. The van der Waals surface area contributed by atoms with Gasteiger partial charge in [-0.2, -0.15) is 5.10 Å². The van der Waals surface area contributed by atoms with Crippen LogP contribution in [0.25, 0.3) is 0 Å². The molecule has 2 rings (SSSR count). The lowest BCUT2D eigenvalue weighted by atomic mass is 10.3. The molecule has 0 aliphatic carbocycles. The highest BCUT2D eigenvalue weighted by molar-refractivity contribution is 14.0. The topological polar surface area (TPSA) is 54.7 Å². The Morgan fingerprint density at radius 3 is 2.75 bits per heavy atom. The number of halogens is 2. The van der Waals surface area contributed by atoms with Gasteiger partial charge in [0, 0.05) is 38.1 Å². The number of aliphatic imine (C=N–C) groups is 1. The first-order valence-electron chi connectivity index (χ1n) is 7.46. The van der Waals surface area contributed by atoms with E-state index in [-0.39, 0.29) is 24.0 Å². The lowest BCUT2D eigenvalue weighted by molar-refractivity contribution is 0.281. The molecule has 8 heteroatoms. The molecule has 1 aromatic carbocycles. The van der Waals surface area contributed by atoms with E-state index in [1.54, 1.807) is 13.2 Å². The Balaban J connectivity index is 0.00000288. The molecule has 1 N–H and O–H groups in total. The molecule has 0 atom stereocenters. The van der Waals surface area contributed by atoms with Crippen molar-refractivity contribution in [3.63, 3.8) is 0 Å². The van der Waals surface area contributed by atoms with Crippen LogP contribution in [0, 0.1) is 0 Å². The van der Waals surface area contributed by atoms with Crippen LogP contribution >= 0.6 is 35.6 Å². The highest BCUT2D eigenvalue weighted by atomic mass is 127. The maximum Gasteiger partial charge on any atom is 0.193 e. The Morgan fingerprint density at radius 2 is 2.12 bits per heavy atom. The Bertz CT molecular complexity index is 603. The molecule has 1 aromatic heterocycles. The molecule has 0 aliphatic rings. The first-order chi connectivity index (χ1) is 11.2. The molecular formula is C16H23ClIN5O. The van der Waals surface area contributed by atoms with Crippen LogP contribution in [0.2, 0.25) is 5.02 Å². The summed E-state index contributed by atoms with van der Waals surface area (Å²) < 4.78 is 7.57. The molecule has 24 heavy (non-hydrogen) atoms. The summed E-state index contributed by atoms with van der Waals surface area (Å²) in [4.78, 5) is 6.30. The van der Waals surface area contributed by atoms with Gasteiger partial charge in [0.05, 0.1) is 13.1 Å². The molecule has 0 saturated carbocycles. The van der Waals surface area contributed by atoms with Gasteiger partial charge in [0.15, 0.2) is 5.96 Å². The number of guanidine groups is 1. The molecule has 0 bridgehead atoms. The van der Waals surface area contributed by atoms with Crippen molar-refractivity contribution in [1.29, 1.82) is 0 Å². The minimum absolute atomic E-state index is 0. The smallest absolute Gasteiger partial charge is 0.193 e. The zero-order valence-electron chi connectivity index (χ0n) is 13.9. The number of hydrogen-bond acceptors (Lipinski definition) is 3. The van der Waals surface area contributed by atoms with Gasteiger partial charge in [-0.25, -0.2) is 0 Å². The molecule has 0 aliphatic heterocycles. The van der Waals surface area contributed by atoms with Gasteiger partial charge in [-0.3, -0.25) is 9.67 Å².